The van der Waals surface area contributed by atoms with Crippen LogP contribution in [0, 0.1) is 11.8 Å². The van der Waals surface area contributed by atoms with Gasteiger partial charge in [-0.3, -0.25) is 9.59 Å². The monoisotopic (exact) mass is 423 g/mol. The first-order valence-corrected chi connectivity index (χ1v) is 11.0. The van der Waals surface area contributed by atoms with Crippen molar-refractivity contribution in [1.82, 2.24) is 9.88 Å². The van der Waals surface area contributed by atoms with Crippen LogP contribution < -0.4 is 5.32 Å². The van der Waals surface area contributed by atoms with Crippen molar-refractivity contribution in [3.63, 3.8) is 0 Å². The van der Waals surface area contributed by atoms with Crippen LogP contribution in [-0.2, 0) is 11.2 Å². The van der Waals surface area contributed by atoms with Crippen molar-refractivity contribution in [3.8, 4) is 10.8 Å². The fraction of sp³-hybridized carbons (Fsp3) is 0.348. The van der Waals surface area contributed by atoms with Gasteiger partial charge in [0.05, 0.1) is 29.6 Å². The van der Waals surface area contributed by atoms with E-state index in [2.05, 4.69) is 24.1 Å². The van der Waals surface area contributed by atoms with Crippen LogP contribution in [0.5, 0.6) is 0 Å². The maximum absolute atomic E-state index is 13.1. The lowest BCUT2D eigenvalue weighted by molar-refractivity contribution is -0.115. The predicted octanol–water partition coefficient (Wildman–Crippen LogP) is 4.70. The van der Waals surface area contributed by atoms with Gasteiger partial charge in [-0.15, -0.1) is 11.3 Å². The molecule has 1 aromatic carbocycles. The smallest absolute Gasteiger partial charge is 0.255 e. The second-order valence-electron chi connectivity index (χ2n) is 8.05. The van der Waals surface area contributed by atoms with Crippen molar-refractivity contribution in [3.05, 3.63) is 59.3 Å². The van der Waals surface area contributed by atoms with Crippen molar-refractivity contribution < 1.29 is 14.0 Å². The lowest BCUT2D eigenvalue weighted by Gasteiger charge is -2.35. The third-order valence-electron chi connectivity index (χ3n) is 5.21. The first-order valence-electron chi connectivity index (χ1n) is 10.2. The third kappa shape index (κ3) is 4.62. The van der Waals surface area contributed by atoms with E-state index in [1.54, 1.807) is 24.5 Å². The molecule has 7 heteroatoms. The average Bonchev–Trinajstić information content (AvgIpc) is 3.39. The molecule has 2 atom stereocenters. The Morgan fingerprint density at radius 1 is 1.17 bits per heavy atom. The topological polar surface area (TPSA) is 75.4 Å². The number of para-hydroxylation sites is 1. The molecule has 0 bridgehead atoms. The Hall–Kier alpha value is -2.93. The molecule has 4 rings (SSSR count). The summed E-state index contributed by atoms with van der Waals surface area (Å²) in [6, 6.07) is 10.9. The van der Waals surface area contributed by atoms with Crippen LogP contribution in [0.15, 0.2) is 52.5 Å². The van der Waals surface area contributed by atoms with E-state index in [1.807, 2.05) is 28.5 Å². The van der Waals surface area contributed by atoms with E-state index >= 15 is 0 Å². The molecule has 3 heterocycles. The minimum Gasteiger partial charge on any atom is -0.462 e. The highest BCUT2D eigenvalue weighted by atomic mass is 32.1. The van der Waals surface area contributed by atoms with Gasteiger partial charge in [0.25, 0.3) is 5.91 Å². The fourth-order valence-corrected chi connectivity index (χ4v) is 4.82. The van der Waals surface area contributed by atoms with Crippen molar-refractivity contribution in [1.29, 1.82) is 0 Å². The number of aromatic nitrogens is 1. The van der Waals surface area contributed by atoms with E-state index in [4.69, 9.17) is 4.42 Å². The number of piperidine rings is 1. The zero-order chi connectivity index (χ0) is 21.1. The number of carbonyl (C=O) groups is 2. The third-order valence-corrected chi connectivity index (χ3v) is 6.12. The minimum atomic E-state index is -0.202. The van der Waals surface area contributed by atoms with E-state index in [1.165, 1.54) is 11.3 Å². The Labute approximate surface area is 179 Å². The number of nitrogens with one attached hydrogen (secondary N) is 1. The van der Waals surface area contributed by atoms with Crippen LogP contribution in [0.3, 0.4) is 0 Å². The maximum Gasteiger partial charge on any atom is 0.255 e. The van der Waals surface area contributed by atoms with Gasteiger partial charge < -0.3 is 14.6 Å². The number of anilines is 1. The molecule has 156 valence electrons. The molecule has 1 saturated heterocycles. The normalized spacial score (nSPS) is 18.9. The van der Waals surface area contributed by atoms with Gasteiger partial charge in [-0.1, -0.05) is 26.0 Å². The van der Waals surface area contributed by atoms with Gasteiger partial charge in [0, 0.05) is 18.5 Å². The summed E-state index contributed by atoms with van der Waals surface area (Å²) in [7, 11) is 0. The van der Waals surface area contributed by atoms with Crippen LogP contribution in [-0.4, -0.2) is 34.8 Å². The van der Waals surface area contributed by atoms with Gasteiger partial charge in [-0.05, 0) is 42.5 Å². The summed E-state index contributed by atoms with van der Waals surface area (Å²) >= 11 is 1.44. The molecule has 1 aliphatic rings. The summed E-state index contributed by atoms with van der Waals surface area (Å²) in [5.74, 6) is 1.41. The molecule has 2 amide bonds. The number of hydrogen-bond acceptors (Lipinski definition) is 5. The first kappa shape index (κ1) is 20.3. The molecule has 0 aliphatic carbocycles. The molecule has 1 N–H and O–H groups in total. The van der Waals surface area contributed by atoms with Crippen LogP contribution >= 0.6 is 11.3 Å². The van der Waals surface area contributed by atoms with Crippen molar-refractivity contribution >= 4 is 28.8 Å². The van der Waals surface area contributed by atoms with E-state index in [9.17, 15) is 9.59 Å². The number of nitrogens with zero attached hydrogens (tertiary/aromatic N) is 2. The first-order chi connectivity index (χ1) is 14.5. The van der Waals surface area contributed by atoms with E-state index < -0.39 is 0 Å². The van der Waals surface area contributed by atoms with E-state index in [0.717, 1.165) is 24.5 Å². The summed E-state index contributed by atoms with van der Waals surface area (Å²) in [5, 5.41) is 5.49. The summed E-state index contributed by atoms with van der Waals surface area (Å²) in [6.45, 7) is 5.85. The number of benzene rings is 1. The average molecular weight is 424 g/mol. The Balaban J connectivity index is 1.45. The SMILES string of the molecule is CC1CC(C)CN(C(=O)c2ccccc2NC(=O)Cc2csc(-c3ccco3)n2)C1. The zero-order valence-electron chi connectivity index (χ0n) is 17.1. The molecule has 1 fully saturated rings. The lowest BCUT2D eigenvalue weighted by Crippen LogP contribution is -2.42. The second kappa shape index (κ2) is 8.83. The zero-order valence-corrected chi connectivity index (χ0v) is 17.9. The van der Waals surface area contributed by atoms with Crippen LogP contribution in [0.25, 0.3) is 10.8 Å². The molecule has 3 aromatic rings. The lowest BCUT2D eigenvalue weighted by atomic mass is 9.91. The van der Waals surface area contributed by atoms with Crippen LogP contribution in [0.2, 0.25) is 0 Å². The van der Waals surface area contributed by atoms with Crippen molar-refractivity contribution in [2.24, 2.45) is 11.8 Å². The number of rotatable bonds is 5. The summed E-state index contributed by atoms with van der Waals surface area (Å²) < 4.78 is 5.35. The quantitative estimate of drug-likeness (QED) is 0.645. The number of hydrogen-bond donors (Lipinski definition) is 1. The number of thiazole rings is 1. The van der Waals surface area contributed by atoms with Gasteiger partial charge in [0.15, 0.2) is 10.8 Å². The summed E-state index contributed by atoms with van der Waals surface area (Å²) in [5.41, 5.74) is 1.74. The van der Waals surface area contributed by atoms with Gasteiger partial charge >= 0.3 is 0 Å². The molecular formula is C23H25N3O3S. The highest BCUT2D eigenvalue weighted by Crippen LogP contribution is 2.26. The van der Waals surface area contributed by atoms with E-state index in [0.29, 0.717) is 34.5 Å². The van der Waals surface area contributed by atoms with Crippen LogP contribution in [0.4, 0.5) is 5.69 Å². The summed E-state index contributed by atoms with van der Waals surface area (Å²) in [6.07, 6.45) is 2.87. The highest BCUT2D eigenvalue weighted by Gasteiger charge is 2.27. The second-order valence-corrected chi connectivity index (χ2v) is 8.91. The highest BCUT2D eigenvalue weighted by molar-refractivity contribution is 7.13. The van der Waals surface area contributed by atoms with Crippen LogP contribution in [0.1, 0.15) is 36.3 Å². The van der Waals surface area contributed by atoms with Gasteiger partial charge in [0.2, 0.25) is 5.91 Å². The molecule has 0 saturated carbocycles. The number of likely N-dealkylation sites (tertiary alicyclic amines) is 1. The van der Waals surface area contributed by atoms with Gasteiger partial charge in [0.1, 0.15) is 0 Å². The molecule has 30 heavy (non-hydrogen) atoms. The molecule has 2 aromatic heterocycles. The predicted molar refractivity (Wildman–Crippen MR) is 117 cm³/mol. The standard InChI is InChI=1S/C23H25N3O3S/c1-15-10-16(2)13-26(12-15)23(28)18-6-3-4-7-19(18)25-21(27)11-17-14-30-22(24-17)20-8-5-9-29-20/h3-9,14-16H,10-13H2,1-2H3,(H,25,27). The maximum atomic E-state index is 13.1. The molecule has 0 radical (unpaired) electrons. The van der Waals surface area contributed by atoms with Crippen molar-refractivity contribution in [2.45, 2.75) is 26.7 Å². The molecule has 1 aliphatic heterocycles. The molecular weight excluding hydrogens is 398 g/mol. The number of carbonyl (C=O) groups excluding carboxylic acids is 2. The van der Waals surface area contributed by atoms with E-state index in [-0.39, 0.29) is 18.2 Å². The molecule has 6 nitrogen and oxygen atoms in total. The van der Waals surface area contributed by atoms with Crippen molar-refractivity contribution in [2.75, 3.05) is 18.4 Å². The Kier molecular flexibility index (Phi) is 5.99. The largest absolute Gasteiger partial charge is 0.462 e. The van der Waals surface area contributed by atoms with Gasteiger partial charge in [-0.2, -0.15) is 0 Å². The minimum absolute atomic E-state index is 0.0296. The number of amides is 2. The van der Waals surface area contributed by atoms with Gasteiger partial charge in [-0.25, -0.2) is 4.98 Å². The fourth-order valence-electron chi connectivity index (χ4n) is 4.04. The molecule has 2 unspecified atom stereocenters. The number of furan rings is 1. The Morgan fingerprint density at radius 2 is 1.93 bits per heavy atom. The Bertz CT molecular complexity index is 1020. The summed E-state index contributed by atoms with van der Waals surface area (Å²) in [4.78, 5) is 32.2. The molecule has 0 spiro atoms. The Morgan fingerprint density at radius 3 is 2.67 bits per heavy atom.